The van der Waals surface area contributed by atoms with Crippen LogP contribution in [0.3, 0.4) is 0 Å². The number of thioether (sulfide) groups is 2. The Balaban J connectivity index is 1.62. The molecule has 0 saturated carbocycles. The highest BCUT2D eigenvalue weighted by atomic mass is 35.5. The van der Waals surface area contributed by atoms with Crippen molar-refractivity contribution in [3.63, 3.8) is 0 Å². The Hall–Kier alpha value is -2.68. The third-order valence-corrected chi connectivity index (χ3v) is 9.11. The van der Waals surface area contributed by atoms with E-state index in [1.807, 2.05) is 61.5 Å². The van der Waals surface area contributed by atoms with Crippen LogP contribution in [0.1, 0.15) is 29.9 Å². The first-order chi connectivity index (χ1) is 17.2. The van der Waals surface area contributed by atoms with Crippen molar-refractivity contribution in [2.24, 2.45) is 0 Å². The Kier molecular flexibility index (Phi) is 8.49. The lowest BCUT2D eigenvalue weighted by atomic mass is 10.1. The van der Waals surface area contributed by atoms with Crippen LogP contribution >= 0.6 is 35.1 Å². The zero-order valence-electron chi connectivity index (χ0n) is 20.2. The highest BCUT2D eigenvalue weighted by molar-refractivity contribution is 8.16. The molecule has 0 radical (unpaired) electrons. The Morgan fingerprint density at radius 3 is 2.58 bits per heavy atom. The van der Waals surface area contributed by atoms with Gasteiger partial charge in [0.1, 0.15) is 16.5 Å². The molecule has 2 heterocycles. The summed E-state index contributed by atoms with van der Waals surface area (Å²) in [5, 5.41) is 11.6. The molecule has 2 aromatic carbocycles. The van der Waals surface area contributed by atoms with Gasteiger partial charge in [-0.2, -0.15) is 0 Å². The van der Waals surface area contributed by atoms with Gasteiger partial charge in [0.25, 0.3) is 0 Å². The van der Waals surface area contributed by atoms with Gasteiger partial charge in [0.15, 0.2) is 5.76 Å². The van der Waals surface area contributed by atoms with Crippen molar-refractivity contribution < 1.29 is 19.1 Å². The van der Waals surface area contributed by atoms with Gasteiger partial charge < -0.3 is 14.4 Å². The van der Waals surface area contributed by atoms with E-state index in [4.69, 9.17) is 21.0 Å². The molecule has 6 nitrogen and oxygen atoms in total. The standard InChI is InChI=1S/C27H27ClN2O4S2/c1-4-24(26(32)33)36-27(35-12-11-25(31)30(2)3)17-7-10-22-18(13-17)14-23(34-22)20-9-6-16-5-8-19(28)15-21(16)29-20/h5-10,13-15,24,27H,4,11-12H2,1-3H3,(H,32,33). The van der Waals surface area contributed by atoms with Crippen molar-refractivity contribution >= 4 is 68.9 Å². The number of rotatable bonds is 10. The highest BCUT2D eigenvalue weighted by Crippen LogP contribution is 2.44. The molecule has 0 fully saturated rings. The molecule has 0 aliphatic rings. The first-order valence-electron chi connectivity index (χ1n) is 11.6. The predicted octanol–water partition coefficient (Wildman–Crippen LogP) is 7.11. The Bertz CT molecular complexity index is 1410. The predicted molar refractivity (Wildman–Crippen MR) is 150 cm³/mol. The number of nitrogens with zero attached hydrogens (tertiary/aromatic N) is 2. The molecule has 1 N–H and O–H groups in total. The number of carbonyl (C=O) groups excluding carboxylic acids is 1. The second-order valence-corrected chi connectivity index (χ2v) is 11.8. The summed E-state index contributed by atoms with van der Waals surface area (Å²) in [6, 6.07) is 17.4. The number of hydrogen-bond donors (Lipinski definition) is 1. The molecule has 188 valence electrons. The van der Waals surface area contributed by atoms with Gasteiger partial charge in [-0.3, -0.25) is 9.59 Å². The summed E-state index contributed by atoms with van der Waals surface area (Å²) >= 11 is 9.14. The minimum atomic E-state index is -0.827. The maximum atomic E-state index is 12.0. The molecule has 2 unspecified atom stereocenters. The number of carboxylic acid groups (broad SMARTS) is 1. The molecule has 0 bridgehead atoms. The summed E-state index contributed by atoms with van der Waals surface area (Å²) in [4.78, 5) is 30.1. The molecule has 0 saturated heterocycles. The van der Waals surface area contributed by atoms with E-state index in [1.54, 1.807) is 30.8 Å². The molecule has 2 atom stereocenters. The van der Waals surface area contributed by atoms with E-state index in [2.05, 4.69) is 0 Å². The monoisotopic (exact) mass is 542 g/mol. The fraction of sp³-hybridized carbons (Fsp3) is 0.296. The number of carboxylic acids is 1. The fourth-order valence-corrected chi connectivity index (χ4v) is 6.66. The molecular weight excluding hydrogens is 516 g/mol. The van der Waals surface area contributed by atoms with Gasteiger partial charge in [-0.05, 0) is 48.4 Å². The van der Waals surface area contributed by atoms with Crippen molar-refractivity contribution in [2.45, 2.75) is 29.6 Å². The quantitative estimate of drug-likeness (QED) is 0.214. The van der Waals surface area contributed by atoms with Crippen LogP contribution in [-0.4, -0.2) is 52.0 Å². The van der Waals surface area contributed by atoms with Crippen LogP contribution in [-0.2, 0) is 9.59 Å². The summed E-state index contributed by atoms with van der Waals surface area (Å²) in [7, 11) is 3.47. The number of benzene rings is 2. The minimum Gasteiger partial charge on any atom is -0.480 e. The fourth-order valence-electron chi connectivity index (χ4n) is 3.73. The lowest BCUT2D eigenvalue weighted by Gasteiger charge is -2.21. The van der Waals surface area contributed by atoms with E-state index >= 15 is 0 Å². The van der Waals surface area contributed by atoms with Gasteiger partial charge in [-0.15, -0.1) is 23.5 Å². The first-order valence-corrected chi connectivity index (χ1v) is 13.9. The molecule has 4 rings (SSSR count). The molecule has 0 aliphatic carbocycles. The van der Waals surface area contributed by atoms with Gasteiger partial charge in [0.2, 0.25) is 5.91 Å². The number of amides is 1. The Labute approximate surface area is 223 Å². The van der Waals surface area contributed by atoms with Crippen LogP contribution in [0.25, 0.3) is 33.3 Å². The van der Waals surface area contributed by atoms with Crippen LogP contribution in [0, 0.1) is 0 Å². The lowest BCUT2D eigenvalue weighted by molar-refractivity contribution is -0.136. The molecule has 4 aromatic rings. The maximum Gasteiger partial charge on any atom is 0.316 e. The van der Waals surface area contributed by atoms with Gasteiger partial charge in [-0.25, -0.2) is 4.98 Å². The van der Waals surface area contributed by atoms with E-state index in [9.17, 15) is 14.7 Å². The van der Waals surface area contributed by atoms with Crippen molar-refractivity contribution in [1.29, 1.82) is 0 Å². The molecule has 0 spiro atoms. The molecular formula is C27H27ClN2O4S2. The number of fused-ring (bicyclic) bond motifs is 2. The first kappa shape index (κ1) is 26.4. The average molecular weight is 543 g/mol. The smallest absolute Gasteiger partial charge is 0.316 e. The zero-order chi connectivity index (χ0) is 25.8. The third-order valence-electron chi connectivity index (χ3n) is 5.74. The molecule has 0 aliphatic heterocycles. The molecule has 2 aromatic heterocycles. The number of pyridine rings is 1. The second-order valence-electron chi connectivity index (χ2n) is 8.55. The molecule has 36 heavy (non-hydrogen) atoms. The van der Waals surface area contributed by atoms with Crippen molar-refractivity contribution in [3.8, 4) is 11.5 Å². The topological polar surface area (TPSA) is 83.6 Å². The van der Waals surface area contributed by atoms with Crippen LogP contribution in [0.15, 0.2) is 59.0 Å². The number of aliphatic carboxylic acids is 1. The zero-order valence-corrected chi connectivity index (χ0v) is 22.6. The maximum absolute atomic E-state index is 12.0. The van der Waals surface area contributed by atoms with Gasteiger partial charge in [0.05, 0.1) is 10.1 Å². The van der Waals surface area contributed by atoms with Crippen molar-refractivity contribution in [3.05, 3.63) is 65.2 Å². The van der Waals surface area contributed by atoms with Gasteiger partial charge >= 0.3 is 5.97 Å². The number of halogens is 1. The van der Waals surface area contributed by atoms with Gasteiger partial charge in [0, 0.05) is 42.1 Å². The number of hydrogen-bond acceptors (Lipinski definition) is 6. The van der Waals surface area contributed by atoms with E-state index < -0.39 is 11.2 Å². The summed E-state index contributed by atoms with van der Waals surface area (Å²) in [6.07, 6.45) is 0.914. The molecule has 9 heteroatoms. The van der Waals surface area contributed by atoms with Crippen LogP contribution in [0.2, 0.25) is 5.02 Å². The van der Waals surface area contributed by atoms with Crippen molar-refractivity contribution in [2.75, 3.05) is 19.8 Å². The minimum absolute atomic E-state index is 0.0515. The van der Waals surface area contributed by atoms with E-state index in [1.165, 1.54) is 11.8 Å². The summed E-state index contributed by atoms with van der Waals surface area (Å²) in [6.45, 7) is 1.87. The highest BCUT2D eigenvalue weighted by Gasteiger charge is 2.24. The number of furan rings is 1. The Morgan fingerprint density at radius 2 is 1.86 bits per heavy atom. The summed E-state index contributed by atoms with van der Waals surface area (Å²) < 4.78 is 5.96. The largest absolute Gasteiger partial charge is 0.480 e. The summed E-state index contributed by atoms with van der Waals surface area (Å²) in [5.41, 5.74) is 3.21. The van der Waals surface area contributed by atoms with Gasteiger partial charge in [-0.1, -0.05) is 36.7 Å². The SMILES string of the molecule is CCC(SC(SCCC(=O)N(C)C)c1ccc2oc(-c3ccc4ccc(Cl)cc4n3)cc2c1)C(=O)O. The second kappa shape index (κ2) is 11.6. The lowest BCUT2D eigenvalue weighted by Crippen LogP contribution is -2.22. The van der Waals surface area contributed by atoms with Crippen LogP contribution in [0.4, 0.5) is 0 Å². The summed E-state index contributed by atoms with van der Waals surface area (Å²) in [5.74, 6) is 0.472. The van der Waals surface area contributed by atoms with E-state index in [-0.39, 0.29) is 10.5 Å². The van der Waals surface area contributed by atoms with E-state index in [0.29, 0.717) is 35.1 Å². The number of carbonyl (C=O) groups is 2. The average Bonchev–Trinajstić information content (AvgIpc) is 3.28. The normalized spacial score (nSPS) is 13.1. The van der Waals surface area contributed by atoms with Crippen LogP contribution < -0.4 is 0 Å². The third kappa shape index (κ3) is 6.17. The number of aromatic nitrogens is 1. The molecule has 1 amide bonds. The van der Waals surface area contributed by atoms with E-state index in [0.717, 1.165) is 27.4 Å². The van der Waals surface area contributed by atoms with Crippen molar-refractivity contribution in [1.82, 2.24) is 9.88 Å². The Morgan fingerprint density at radius 1 is 1.08 bits per heavy atom. The van der Waals surface area contributed by atoms with Crippen LogP contribution in [0.5, 0.6) is 0 Å².